The van der Waals surface area contributed by atoms with E-state index in [2.05, 4.69) is 38.1 Å². The van der Waals surface area contributed by atoms with Gasteiger partial charge < -0.3 is 9.47 Å². The van der Waals surface area contributed by atoms with Gasteiger partial charge in [0.1, 0.15) is 19.0 Å². The van der Waals surface area contributed by atoms with Gasteiger partial charge in [-0.2, -0.15) is 10.1 Å². The van der Waals surface area contributed by atoms with E-state index in [0.29, 0.717) is 19.1 Å². The molecule has 0 aliphatic rings. The summed E-state index contributed by atoms with van der Waals surface area (Å²) in [5, 5.41) is 5.77. The van der Waals surface area contributed by atoms with E-state index in [1.807, 2.05) is 48.0 Å². The van der Waals surface area contributed by atoms with E-state index in [1.54, 1.807) is 0 Å². The van der Waals surface area contributed by atoms with Crippen LogP contribution >= 0.6 is 0 Å². The van der Waals surface area contributed by atoms with Gasteiger partial charge in [0.05, 0.1) is 11.4 Å². The SMILES string of the molecule is Cc1ccc(-n2nc(C)c3c(C)cc(OCCOc4ccccc4)nc32)cc1. The zero-order chi connectivity index (χ0) is 19.5. The quantitative estimate of drug-likeness (QED) is 0.455. The number of rotatable bonds is 6. The number of hydrogen-bond acceptors (Lipinski definition) is 4. The predicted octanol–water partition coefficient (Wildman–Crippen LogP) is 4.80. The summed E-state index contributed by atoms with van der Waals surface area (Å²) in [7, 11) is 0. The molecule has 142 valence electrons. The average molecular weight is 373 g/mol. The molecule has 28 heavy (non-hydrogen) atoms. The van der Waals surface area contributed by atoms with Crippen LogP contribution in [0.1, 0.15) is 16.8 Å². The van der Waals surface area contributed by atoms with Crippen LogP contribution in [0.2, 0.25) is 0 Å². The van der Waals surface area contributed by atoms with Gasteiger partial charge in [0.25, 0.3) is 0 Å². The van der Waals surface area contributed by atoms with Crippen molar-refractivity contribution in [2.45, 2.75) is 20.8 Å². The van der Waals surface area contributed by atoms with Gasteiger partial charge in [-0.1, -0.05) is 35.9 Å². The van der Waals surface area contributed by atoms with Crippen molar-refractivity contribution in [2.75, 3.05) is 13.2 Å². The molecule has 5 nitrogen and oxygen atoms in total. The fourth-order valence-corrected chi connectivity index (χ4v) is 3.24. The summed E-state index contributed by atoms with van der Waals surface area (Å²) < 4.78 is 13.4. The van der Waals surface area contributed by atoms with E-state index in [0.717, 1.165) is 33.7 Å². The number of aromatic nitrogens is 3. The molecule has 0 saturated carbocycles. The van der Waals surface area contributed by atoms with Crippen molar-refractivity contribution in [2.24, 2.45) is 0 Å². The second-order valence-electron chi connectivity index (χ2n) is 6.82. The first-order valence-corrected chi connectivity index (χ1v) is 9.36. The van der Waals surface area contributed by atoms with Gasteiger partial charge in [-0.15, -0.1) is 0 Å². The maximum Gasteiger partial charge on any atom is 0.215 e. The number of hydrogen-bond donors (Lipinski definition) is 0. The van der Waals surface area contributed by atoms with Gasteiger partial charge in [-0.25, -0.2) is 4.68 Å². The van der Waals surface area contributed by atoms with Crippen LogP contribution in [0.4, 0.5) is 0 Å². The highest BCUT2D eigenvalue weighted by Gasteiger charge is 2.14. The molecule has 0 fully saturated rings. The third-order valence-electron chi connectivity index (χ3n) is 4.61. The van der Waals surface area contributed by atoms with Crippen LogP contribution in [0.3, 0.4) is 0 Å². The molecule has 5 heteroatoms. The van der Waals surface area contributed by atoms with Crippen molar-refractivity contribution in [3.8, 4) is 17.3 Å². The molecule has 0 atom stereocenters. The molecule has 0 radical (unpaired) electrons. The summed E-state index contributed by atoms with van der Waals surface area (Å²) in [6.45, 7) is 7.02. The summed E-state index contributed by atoms with van der Waals surface area (Å²) in [5.41, 5.74) is 5.06. The Kier molecular flexibility index (Phi) is 4.98. The second-order valence-corrected chi connectivity index (χ2v) is 6.82. The van der Waals surface area contributed by atoms with Gasteiger partial charge in [0.2, 0.25) is 5.88 Å². The second kappa shape index (κ2) is 7.72. The monoisotopic (exact) mass is 373 g/mol. The zero-order valence-electron chi connectivity index (χ0n) is 16.3. The number of fused-ring (bicyclic) bond motifs is 1. The smallest absolute Gasteiger partial charge is 0.215 e. The van der Waals surface area contributed by atoms with Gasteiger partial charge in [0.15, 0.2) is 5.65 Å². The number of para-hydroxylation sites is 1. The van der Waals surface area contributed by atoms with Gasteiger partial charge in [0, 0.05) is 11.5 Å². The molecule has 0 aliphatic heterocycles. The highest BCUT2D eigenvalue weighted by molar-refractivity contribution is 5.83. The lowest BCUT2D eigenvalue weighted by Gasteiger charge is -2.09. The first-order chi connectivity index (χ1) is 13.6. The van der Waals surface area contributed by atoms with Crippen molar-refractivity contribution < 1.29 is 9.47 Å². The van der Waals surface area contributed by atoms with Crippen molar-refractivity contribution in [3.63, 3.8) is 0 Å². The molecule has 0 unspecified atom stereocenters. The minimum atomic E-state index is 0.421. The Balaban J connectivity index is 1.56. The van der Waals surface area contributed by atoms with E-state index >= 15 is 0 Å². The lowest BCUT2D eigenvalue weighted by atomic mass is 10.1. The standard InChI is InChI=1S/C23H23N3O2/c1-16-9-11-19(12-10-16)26-23-22(18(3)25-26)17(2)15-21(24-23)28-14-13-27-20-7-5-4-6-8-20/h4-12,15H,13-14H2,1-3H3. The molecule has 0 N–H and O–H groups in total. The van der Waals surface area contributed by atoms with Gasteiger partial charge in [-0.05, 0) is 50.6 Å². The number of ether oxygens (including phenoxy) is 2. The molecule has 4 aromatic rings. The van der Waals surface area contributed by atoms with Crippen molar-refractivity contribution in [1.29, 1.82) is 0 Å². The number of pyridine rings is 1. The first-order valence-electron chi connectivity index (χ1n) is 9.36. The van der Waals surface area contributed by atoms with Crippen LogP contribution in [0, 0.1) is 20.8 Å². The van der Waals surface area contributed by atoms with E-state index in [1.165, 1.54) is 5.56 Å². The van der Waals surface area contributed by atoms with Crippen LogP contribution in [-0.2, 0) is 0 Å². The first kappa shape index (κ1) is 18.0. The molecule has 4 rings (SSSR count). The molecule has 2 heterocycles. The van der Waals surface area contributed by atoms with E-state index in [4.69, 9.17) is 19.6 Å². The maximum atomic E-state index is 5.86. The Hall–Kier alpha value is -3.34. The molecule has 2 aromatic carbocycles. The zero-order valence-corrected chi connectivity index (χ0v) is 16.3. The van der Waals surface area contributed by atoms with E-state index in [9.17, 15) is 0 Å². The topological polar surface area (TPSA) is 49.2 Å². The van der Waals surface area contributed by atoms with Crippen LogP contribution in [-0.4, -0.2) is 28.0 Å². The number of benzene rings is 2. The fraction of sp³-hybridized carbons (Fsp3) is 0.217. The van der Waals surface area contributed by atoms with Crippen LogP contribution in [0.25, 0.3) is 16.7 Å². The Morgan fingerprint density at radius 2 is 1.57 bits per heavy atom. The predicted molar refractivity (Wildman–Crippen MR) is 111 cm³/mol. The molecular formula is C23H23N3O2. The van der Waals surface area contributed by atoms with Crippen LogP contribution in [0.15, 0.2) is 60.7 Å². The molecule has 2 aromatic heterocycles. The van der Waals surface area contributed by atoms with Crippen molar-refractivity contribution in [1.82, 2.24) is 14.8 Å². The summed E-state index contributed by atoms with van der Waals surface area (Å²) >= 11 is 0. The lowest BCUT2D eigenvalue weighted by Crippen LogP contribution is -2.10. The normalized spacial score (nSPS) is 11.0. The van der Waals surface area contributed by atoms with Crippen LogP contribution in [0.5, 0.6) is 11.6 Å². The molecular weight excluding hydrogens is 350 g/mol. The van der Waals surface area contributed by atoms with E-state index < -0.39 is 0 Å². The van der Waals surface area contributed by atoms with Crippen molar-refractivity contribution in [3.05, 3.63) is 77.5 Å². The number of nitrogens with zero attached hydrogens (tertiary/aromatic N) is 3. The summed E-state index contributed by atoms with van der Waals surface area (Å²) in [6.07, 6.45) is 0. The Morgan fingerprint density at radius 1 is 0.857 bits per heavy atom. The van der Waals surface area contributed by atoms with Crippen LogP contribution < -0.4 is 9.47 Å². The minimum absolute atomic E-state index is 0.421. The third kappa shape index (κ3) is 3.69. The van der Waals surface area contributed by atoms with E-state index in [-0.39, 0.29) is 0 Å². The Bertz CT molecular complexity index is 1090. The largest absolute Gasteiger partial charge is 0.490 e. The van der Waals surface area contributed by atoms with Crippen molar-refractivity contribution >= 4 is 11.0 Å². The minimum Gasteiger partial charge on any atom is -0.490 e. The molecule has 0 amide bonds. The molecule has 0 spiro atoms. The van der Waals surface area contributed by atoms with Gasteiger partial charge >= 0.3 is 0 Å². The average Bonchev–Trinajstić information content (AvgIpc) is 3.04. The third-order valence-corrected chi connectivity index (χ3v) is 4.61. The highest BCUT2D eigenvalue weighted by atomic mass is 16.5. The van der Waals surface area contributed by atoms with Gasteiger partial charge in [-0.3, -0.25) is 0 Å². The Morgan fingerprint density at radius 3 is 2.32 bits per heavy atom. The maximum absolute atomic E-state index is 5.86. The highest BCUT2D eigenvalue weighted by Crippen LogP contribution is 2.26. The molecule has 0 aliphatic carbocycles. The molecule has 0 bridgehead atoms. The lowest BCUT2D eigenvalue weighted by molar-refractivity contribution is 0.212. The Labute approximate surface area is 164 Å². The summed E-state index contributed by atoms with van der Waals surface area (Å²) in [5.74, 6) is 1.41. The fourth-order valence-electron chi connectivity index (χ4n) is 3.24. The number of aryl methyl sites for hydroxylation is 3. The summed E-state index contributed by atoms with van der Waals surface area (Å²) in [6, 6.07) is 19.9. The molecule has 0 saturated heterocycles. The summed E-state index contributed by atoms with van der Waals surface area (Å²) in [4.78, 5) is 4.72.